The van der Waals surface area contributed by atoms with E-state index in [1.165, 1.54) is 4.90 Å². The summed E-state index contributed by atoms with van der Waals surface area (Å²) in [5.41, 5.74) is 2.55. The second-order valence-electron chi connectivity index (χ2n) is 9.49. The molecule has 0 saturated carbocycles. The summed E-state index contributed by atoms with van der Waals surface area (Å²) >= 11 is 0. The van der Waals surface area contributed by atoms with Gasteiger partial charge in [0.1, 0.15) is 29.6 Å². The first-order valence-electron chi connectivity index (χ1n) is 13.4. The predicted molar refractivity (Wildman–Crippen MR) is 150 cm³/mol. The molecule has 10 heteroatoms. The van der Waals surface area contributed by atoms with Crippen LogP contribution in [0.15, 0.2) is 72.8 Å². The van der Waals surface area contributed by atoms with Crippen LogP contribution in [0.5, 0.6) is 11.5 Å². The Balaban J connectivity index is 1.54. The number of hydrogen-bond acceptors (Lipinski definition) is 7. The standard InChI is InChI=1S/C30H33N5O5/c1-3-39-23-15-13-21(14-16-23)29(30(37)31-19-25-10-7-17-40-25)35(22-8-6-9-24(18-22)38-2)28(36)20-34-27-12-5-4-11-26(27)32-33-34/h4-6,8-9,11-16,18,25,29H,3,7,10,17,19-20H2,1-2H3,(H,31,37). The molecule has 3 aromatic carbocycles. The number of methoxy groups -OCH3 is 1. The number of benzene rings is 3. The molecule has 0 spiro atoms. The number of amides is 2. The number of rotatable bonds is 11. The maximum absolute atomic E-state index is 14.2. The van der Waals surface area contributed by atoms with Crippen LogP contribution < -0.4 is 19.7 Å². The predicted octanol–water partition coefficient (Wildman–Crippen LogP) is 3.91. The number of carbonyl (C=O) groups excluding carboxylic acids is 2. The highest BCUT2D eigenvalue weighted by Crippen LogP contribution is 2.32. The second-order valence-corrected chi connectivity index (χ2v) is 9.49. The Morgan fingerprint density at radius 3 is 2.67 bits per heavy atom. The smallest absolute Gasteiger partial charge is 0.249 e. The molecule has 208 valence electrons. The summed E-state index contributed by atoms with van der Waals surface area (Å²) in [5.74, 6) is 0.583. The van der Waals surface area contributed by atoms with E-state index in [1.807, 2.05) is 43.3 Å². The summed E-state index contributed by atoms with van der Waals surface area (Å²) in [6.45, 7) is 3.35. The van der Waals surface area contributed by atoms with Crippen LogP contribution in [0.1, 0.15) is 31.4 Å². The first kappa shape index (κ1) is 27.1. The lowest BCUT2D eigenvalue weighted by Crippen LogP contribution is -2.46. The minimum atomic E-state index is -0.980. The van der Waals surface area contributed by atoms with Gasteiger partial charge >= 0.3 is 0 Å². The third-order valence-electron chi connectivity index (χ3n) is 6.85. The van der Waals surface area contributed by atoms with E-state index in [0.717, 1.165) is 18.4 Å². The number of nitrogens with zero attached hydrogens (tertiary/aromatic N) is 4. The minimum absolute atomic E-state index is 0.0487. The van der Waals surface area contributed by atoms with Gasteiger partial charge in [-0.3, -0.25) is 14.5 Å². The van der Waals surface area contributed by atoms with E-state index < -0.39 is 6.04 Å². The van der Waals surface area contributed by atoms with E-state index >= 15 is 0 Å². The third-order valence-corrected chi connectivity index (χ3v) is 6.85. The van der Waals surface area contributed by atoms with Gasteiger partial charge < -0.3 is 19.5 Å². The van der Waals surface area contributed by atoms with Crippen molar-refractivity contribution in [2.24, 2.45) is 0 Å². The average Bonchev–Trinajstić information content (AvgIpc) is 3.66. The maximum atomic E-state index is 14.2. The number of carbonyl (C=O) groups is 2. The number of ether oxygens (including phenoxy) is 3. The van der Waals surface area contributed by atoms with Crippen molar-refractivity contribution < 1.29 is 23.8 Å². The second kappa shape index (κ2) is 12.6. The summed E-state index contributed by atoms with van der Waals surface area (Å²) in [4.78, 5) is 29.6. The van der Waals surface area contributed by atoms with Crippen LogP contribution in [-0.2, 0) is 20.9 Å². The molecular weight excluding hydrogens is 510 g/mol. The van der Waals surface area contributed by atoms with Crippen LogP contribution in [0.3, 0.4) is 0 Å². The van der Waals surface area contributed by atoms with Crippen LogP contribution >= 0.6 is 0 Å². The van der Waals surface area contributed by atoms with Crippen molar-refractivity contribution in [1.82, 2.24) is 20.3 Å². The van der Waals surface area contributed by atoms with E-state index in [9.17, 15) is 9.59 Å². The van der Waals surface area contributed by atoms with Gasteiger partial charge in [-0.25, -0.2) is 4.68 Å². The van der Waals surface area contributed by atoms with Crippen molar-refractivity contribution in [3.63, 3.8) is 0 Å². The van der Waals surface area contributed by atoms with Crippen LogP contribution in [0.25, 0.3) is 11.0 Å². The van der Waals surface area contributed by atoms with Gasteiger partial charge in [-0.05, 0) is 61.7 Å². The molecular formula is C30H33N5O5. The minimum Gasteiger partial charge on any atom is -0.497 e. The first-order valence-corrected chi connectivity index (χ1v) is 13.4. The maximum Gasteiger partial charge on any atom is 0.249 e. The zero-order chi connectivity index (χ0) is 27.9. The van der Waals surface area contributed by atoms with Gasteiger partial charge in [0.25, 0.3) is 0 Å². The summed E-state index contributed by atoms with van der Waals surface area (Å²) < 4.78 is 18.3. The lowest BCUT2D eigenvalue weighted by molar-refractivity contribution is -0.127. The molecule has 40 heavy (non-hydrogen) atoms. The molecule has 0 aliphatic carbocycles. The van der Waals surface area contributed by atoms with Crippen molar-refractivity contribution in [1.29, 1.82) is 0 Å². The van der Waals surface area contributed by atoms with Gasteiger partial charge in [0.15, 0.2) is 0 Å². The normalized spacial score (nSPS) is 15.5. The highest BCUT2D eigenvalue weighted by atomic mass is 16.5. The first-order chi connectivity index (χ1) is 19.6. The molecule has 1 aliphatic heterocycles. The summed E-state index contributed by atoms with van der Waals surface area (Å²) in [6, 6.07) is 20.8. The van der Waals surface area contributed by atoms with Gasteiger partial charge in [-0.1, -0.05) is 35.5 Å². The molecule has 2 heterocycles. The van der Waals surface area contributed by atoms with Crippen molar-refractivity contribution in [3.05, 3.63) is 78.4 Å². The Kier molecular flexibility index (Phi) is 8.56. The van der Waals surface area contributed by atoms with E-state index in [-0.39, 0.29) is 24.5 Å². The van der Waals surface area contributed by atoms with Crippen LogP contribution in [0, 0.1) is 0 Å². The molecule has 5 rings (SSSR count). The summed E-state index contributed by atoms with van der Waals surface area (Å²) in [5, 5.41) is 11.4. The number of anilines is 1. The molecule has 1 aromatic heterocycles. The van der Waals surface area contributed by atoms with Gasteiger partial charge in [0, 0.05) is 24.9 Å². The summed E-state index contributed by atoms with van der Waals surface area (Å²) in [7, 11) is 1.56. The SMILES string of the molecule is CCOc1ccc(C(C(=O)NCC2CCCO2)N(C(=O)Cn2nnc3ccccc32)c2cccc(OC)c2)cc1. The number of hydrogen-bond donors (Lipinski definition) is 1. The molecule has 10 nitrogen and oxygen atoms in total. The molecule has 2 atom stereocenters. The van der Waals surface area contributed by atoms with E-state index in [0.29, 0.717) is 48.0 Å². The van der Waals surface area contributed by atoms with Crippen LogP contribution in [0.4, 0.5) is 5.69 Å². The molecule has 2 amide bonds. The average molecular weight is 544 g/mol. The quantitative estimate of drug-likeness (QED) is 0.306. The highest BCUT2D eigenvalue weighted by Gasteiger charge is 2.34. The van der Waals surface area contributed by atoms with Crippen LogP contribution in [0.2, 0.25) is 0 Å². The third kappa shape index (κ3) is 6.07. The zero-order valence-electron chi connectivity index (χ0n) is 22.7. The lowest BCUT2D eigenvalue weighted by atomic mass is 10.0. The van der Waals surface area contributed by atoms with E-state index in [4.69, 9.17) is 14.2 Å². The molecule has 2 unspecified atom stereocenters. The lowest BCUT2D eigenvalue weighted by Gasteiger charge is -2.32. The Labute approximate surface area is 232 Å². The van der Waals surface area contributed by atoms with Crippen LogP contribution in [-0.4, -0.2) is 59.8 Å². The molecule has 1 saturated heterocycles. The van der Waals surface area contributed by atoms with E-state index in [2.05, 4.69) is 15.6 Å². The molecule has 1 N–H and O–H groups in total. The monoisotopic (exact) mass is 543 g/mol. The van der Waals surface area contributed by atoms with Crippen molar-refractivity contribution >= 4 is 28.5 Å². The molecule has 1 aliphatic rings. The van der Waals surface area contributed by atoms with Crippen molar-refractivity contribution in [2.75, 3.05) is 31.8 Å². The topological polar surface area (TPSA) is 108 Å². The number of nitrogens with one attached hydrogen (secondary N) is 1. The van der Waals surface area contributed by atoms with Crippen molar-refractivity contribution in [3.8, 4) is 11.5 Å². The Morgan fingerprint density at radius 1 is 1.10 bits per heavy atom. The number of para-hydroxylation sites is 1. The Bertz CT molecular complexity index is 1450. The largest absolute Gasteiger partial charge is 0.497 e. The molecule has 0 radical (unpaired) electrons. The number of fused-ring (bicyclic) bond motifs is 1. The van der Waals surface area contributed by atoms with E-state index in [1.54, 1.807) is 48.2 Å². The fourth-order valence-corrected chi connectivity index (χ4v) is 4.88. The van der Waals surface area contributed by atoms with Gasteiger partial charge in [-0.2, -0.15) is 0 Å². The molecule has 0 bridgehead atoms. The zero-order valence-corrected chi connectivity index (χ0v) is 22.7. The fourth-order valence-electron chi connectivity index (χ4n) is 4.88. The summed E-state index contributed by atoms with van der Waals surface area (Å²) in [6.07, 6.45) is 1.79. The van der Waals surface area contributed by atoms with Gasteiger partial charge in [0.2, 0.25) is 11.8 Å². The fraction of sp³-hybridized carbons (Fsp3) is 0.333. The van der Waals surface area contributed by atoms with Crippen molar-refractivity contribution in [2.45, 2.75) is 38.5 Å². The molecule has 4 aromatic rings. The highest BCUT2D eigenvalue weighted by molar-refractivity contribution is 6.01. The number of aromatic nitrogens is 3. The van der Waals surface area contributed by atoms with Gasteiger partial charge in [-0.15, -0.1) is 5.10 Å². The Hall–Kier alpha value is -4.44. The Morgan fingerprint density at radius 2 is 1.93 bits per heavy atom. The van der Waals surface area contributed by atoms with Gasteiger partial charge in [0.05, 0.1) is 25.3 Å². The molecule has 1 fully saturated rings.